The molecule has 3 N–H and O–H groups in total. The van der Waals surface area contributed by atoms with Crippen LogP contribution >= 0.6 is 11.3 Å². The Morgan fingerprint density at radius 1 is 1.42 bits per heavy atom. The van der Waals surface area contributed by atoms with Crippen molar-refractivity contribution >= 4 is 22.9 Å². The number of primary amides is 1. The Morgan fingerprint density at radius 3 is 2.74 bits per heavy atom. The zero-order valence-electron chi connectivity index (χ0n) is 10.6. The topological polar surface area (TPSA) is 77.2 Å². The lowest BCUT2D eigenvalue weighted by atomic mass is 10.3. The third kappa shape index (κ3) is 3.96. The van der Waals surface area contributed by atoms with Gasteiger partial charge in [0, 0.05) is 10.6 Å². The van der Waals surface area contributed by atoms with Gasteiger partial charge in [-0.25, -0.2) is 4.98 Å². The van der Waals surface area contributed by atoms with Gasteiger partial charge < -0.3 is 15.8 Å². The summed E-state index contributed by atoms with van der Waals surface area (Å²) in [7, 11) is 0. The van der Waals surface area contributed by atoms with Crippen molar-refractivity contribution in [2.75, 3.05) is 11.9 Å². The van der Waals surface area contributed by atoms with Crippen LogP contribution in [0.1, 0.15) is 10.6 Å². The van der Waals surface area contributed by atoms with Crippen molar-refractivity contribution in [3.63, 3.8) is 0 Å². The second-order valence-electron chi connectivity index (χ2n) is 3.99. The molecule has 1 aromatic carbocycles. The van der Waals surface area contributed by atoms with Crippen LogP contribution in [-0.4, -0.2) is 17.5 Å². The Bertz CT molecular complexity index is 551. The molecule has 19 heavy (non-hydrogen) atoms. The number of rotatable bonds is 6. The highest BCUT2D eigenvalue weighted by Gasteiger charge is 2.01. The summed E-state index contributed by atoms with van der Waals surface area (Å²) in [5.74, 6) is 0.140. The molecular formula is C13H15N3O2S. The lowest BCUT2D eigenvalue weighted by Gasteiger charge is -2.07. The Morgan fingerprint density at radius 2 is 2.16 bits per heavy atom. The molecule has 0 spiro atoms. The molecule has 5 nitrogen and oxygen atoms in total. The number of hydrogen-bond acceptors (Lipinski definition) is 5. The number of aryl methyl sites for hydroxylation is 1. The zero-order valence-corrected chi connectivity index (χ0v) is 11.4. The summed E-state index contributed by atoms with van der Waals surface area (Å²) in [6.45, 7) is 2.64. The number of nitrogens with two attached hydrogens (primary N) is 1. The van der Waals surface area contributed by atoms with Crippen molar-refractivity contribution in [2.45, 2.75) is 13.5 Å². The summed E-state index contributed by atoms with van der Waals surface area (Å²) in [6, 6.07) is 7.38. The molecule has 100 valence electrons. The van der Waals surface area contributed by atoms with Gasteiger partial charge in [-0.3, -0.25) is 4.79 Å². The second-order valence-corrected chi connectivity index (χ2v) is 4.93. The molecule has 0 bridgehead atoms. The van der Waals surface area contributed by atoms with Gasteiger partial charge in [-0.15, -0.1) is 11.3 Å². The van der Waals surface area contributed by atoms with Gasteiger partial charge in [0.1, 0.15) is 5.75 Å². The van der Waals surface area contributed by atoms with Crippen molar-refractivity contribution in [3.8, 4) is 5.75 Å². The number of nitrogens with one attached hydrogen (secondary N) is 1. The minimum absolute atomic E-state index is 0.104. The van der Waals surface area contributed by atoms with Gasteiger partial charge in [0.15, 0.2) is 6.61 Å². The molecule has 1 aromatic heterocycles. The molecule has 0 aliphatic rings. The standard InChI is InChI=1S/C13H15N3O2S/c1-9-12(19-8-16-9)6-15-10-2-4-11(5-3-10)18-7-13(14)17/h2-5,8,15H,6-7H2,1H3,(H2,14,17). The highest BCUT2D eigenvalue weighted by molar-refractivity contribution is 7.09. The lowest BCUT2D eigenvalue weighted by Crippen LogP contribution is -2.19. The molecule has 0 fully saturated rings. The number of nitrogens with zero attached hydrogens (tertiary/aromatic N) is 1. The molecular weight excluding hydrogens is 262 g/mol. The molecule has 0 saturated heterocycles. The molecule has 0 unspecified atom stereocenters. The quantitative estimate of drug-likeness (QED) is 0.845. The van der Waals surface area contributed by atoms with Crippen LogP contribution in [0.2, 0.25) is 0 Å². The number of thiazole rings is 1. The monoisotopic (exact) mass is 277 g/mol. The van der Waals surface area contributed by atoms with Gasteiger partial charge in [-0.05, 0) is 31.2 Å². The van der Waals surface area contributed by atoms with E-state index in [2.05, 4.69) is 10.3 Å². The fourth-order valence-electron chi connectivity index (χ4n) is 1.50. The van der Waals surface area contributed by atoms with Crippen LogP contribution in [0.5, 0.6) is 5.75 Å². The maximum atomic E-state index is 10.6. The number of anilines is 1. The van der Waals surface area contributed by atoms with Crippen LogP contribution in [0.25, 0.3) is 0 Å². The van der Waals surface area contributed by atoms with E-state index in [0.29, 0.717) is 5.75 Å². The van der Waals surface area contributed by atoms with Gasteiger partial charge >= 0.3 is 0 Å². The number of benzene rings is 1. The van der Waals surface area contributed by atoms with Crippen LogP contribution < -0.4 is 15.8 Å². The SMILES string of the molecule is Cc1ncsc1CNc1ccc(OCC(N)=O)cc1. The minimum atomic E-state index is -0.483. The summed E-state index contributed by atoms with van der Waals surface area (Å²) in [6.07, 6.45) is 0. The van der Waals surface area contributed by atoms with Crippen LogP contribution in [0.3, 0.4) is 0 Å². The molecule has 0 radical (unpaired) electrons. The highest BCUT2D eigenvalue weighted by Crippen LogP contribution is 2.18. The first kappa shape index (κ1) is 13.4. The first-order valence-electron chi connectivity index (χ1n) is 5.79. The van der Waals surface area contributed by atoms with Crippen LogP contribution in [-0.2, 0) is 11.3 Å². The van der Waals surface area contributed by atoms with Crippen molar-refractivity contribution in [2.24, 2.45) is 5.73 Å². The highest BCUT2D eigenvalue weighted by atomic mass is 32.1. The Balaban J connectivity index is 1.88. The molecule has 1 heterocycles. The van der Waals surface area contributed by atoms with E-state index < -0.39 is 5.91 Å². The molecule has 0 aliphatic carbocycles. The van der Waals surface area contributed by atoms with E-state index in [9.17, 15) is 4.79 Å². The summed E-state index contributed by atoms with van der Waals surface area (Å²) >= 11 is 1.63. The number of carbonyl (C=O) groups is 1. The Kier molecular flexibility index (Phi) is 4.35. The largest absolute Gasteiger partial charge is 0.484 e. The molecule has 1 amide bonds. The van der Waals surface area contributed by atoms with E-state index >= 15 is 0 Å². The van der Waals surface area contributed by atoms with E-state index in [0.717, 1.165) is 17.9 Å². The molecule has 2 aromatic rings. The van der Waals surface area contributed by atoms with Crippen LogP contribution in [0, 0.1) is 6.92 Å². The number of carbonyl (C=O) groups excluding carboxylic acids is 1. The normalized spacial score (nSPS) is 10.2. The molecule has 0 atom stereocenters. The Hall–Kier alpha value is -2.08. The summed E-state index contributed by atoms with van der Waals surface area (Å²) in [5, 5.41) is 3.30. The van der Waals surface area contributed by atoms with Crippen molar-refractivity contribution in [1.29, 1.82) is 0 Å². The lowest BCUT2D eigenvalue weighted by molar-refractivity contribution is -0.119. The van der Waals surface area contributed by atoms with Gasteiger partial charge in [0.25, 0.3) is 5.91 Å². The maximum absolute atomic E-state index is 10.6. The Labute approximate surface area is 115 Å². The van der Waals surface area contributed by atoms with E-state index in [1.54, 1.807) is 23.5 Å². The van der Waals surface area contributed by atoms with Gasteiger partial charge in [0.05, 0.1) is 17.7 Å². The molecule has 0 saturated carbocycles. The number of hydrogen-bond donors (Lipinski definition) is 2. The number of aromatic nitrogens is 1. The summed E-state index contributed by atoms with van der Waals surface area (Å²) in [4.78, 5) is 16.0. The molecule has 6 heteroatoms. The first-order chi connectivity index (χ1) is 9.15. The van der Waals surface area contributed by atoms with E-state index in [4.69, 9.17) is 10.5 Å². The summed E-state index contributed by atoms with van der Waals surface area (Å²) < 4.78 is 5.18. The van der Waals surface area contributed by atoms with E-state index in [1.807, 2.05) is 24.6 Å². The van der Waals surface area contributed by atoms with Crippen molar-refractivity contribution in [1.82, 2.24) is 4.98 Å². The van der Waals surface area contributed by atoms with Crippen LogP contribution in [0.15, 0.2) is 29.8 Å². The maximum Gasteiger partial charge on any atom is 0.255 e. The summed E-state index contributed by atoms with van der Waals surface area (Å²) in [5.41, 5.74) is 8.89. The fraction of sp³-hybridized carbons (Fsp3) is 0.231. The smallest absolute Gasteiger partial charge is 0.255 e. The van der Waals surface area contributed by atoms with Gasteiger partial charge in [-0.1, -0.05) is 0 Å². The average molecular weight is 277 g/mol. The first-order valence-corrected chi connectivity index (χ1v) is 6.67. The third-order valence-corrected chi connectivity index (χ3v) is 3.47. The zero-order chi connectivity index (χ0) is 13.7. The minimum Gasteiger partial charge on any atom is -0.484 e. The van der Waals surface area contributed by atoms with Crippen molar-refractivity contribution in [3.05, 3.63) is 40.3 Å². The van der Waals surface area contributed by atoms with Crippen LogP contribution in [0.4, 0.5) is 5.69 Å². The molecule has 2 rings (SSSR count). The predicted molar refractivity (Wildman–Crippen MR) is 75.3 cm³/mol. The van der Waals surface area contributed by atoms with Crippen molar-refractivity contribution < 1.29 is 9.53 Å². The third-order valence-electron chi connectivity index (χ3n) is 2.53. The van der Waals surface area contributed by atoms with E-state index in [1.165, 1.54) is 4.88 Å². The van der Waals surface area contributed by atoms with Gasteiger partial charge in [-0.2, -0.15) is 0 Å². The second kappa shape index (κ2) is 6.19. The number of amides is 1. The number of ether oxygens (including phenoxy) is 1. The predicted octanol–water partition coefficient (Wildman–Crippen LogP) is 1.93. The molecule has 0 aliphatic heterocycles. The van der Waals surface area contributed by atoms with E-state index in [-0.39, 0.29) is 6.61 Å². The fourth-order valence-corrected chi connectivity index (χ4v) is 2.22. The van der Waals surface area contributed by atoms with Gasteiger partial charge in [0.2, 0.25) is 0 Å². The average Bonchev–Trinajstić information content (AvgIpc) is 2.81.